The second-order valence-electron chi connectivity index (χ2n) is 2.75. The standard InChI is InChI=1S/C6H10O4/c7-3-1-9-6-5(3)4(8)2-10-6/h3-8H,1-2H2/t3-,4-,5-,6+/m0/s1. The van der Waals surface area contributed by atoms with Crippen LogP contribution in [0, 0.1) is 5.92 Å². The van der Waals surface area contributed by atoms with Crippen molar-refractivity contribution in [1.29, 1.82) is 0 Å². The average Bonchev–Trinajstić information content (AvgIpc) is 2.40. The lowest BCUT2D eigenvalue weighted by Gasteiger charge is -2.11. The highest BCUT2D eigenvalue weighted by Gasteiger charge is 2.46. The summed E-state index contributed by atoms with van der Waals surface area (Å²) in [5.41, 5.74) is 0. The lowest BCUT2D eigenvalue weighted by Crippen LogP contribution is -2.29. The van der Waals surface area contributed by atoms with Crippen LogP contribution in [0.4, 0.5) is 0 Å². The van der Waals surface area contributed by atoms with Crippen LogP contribution in [0.2, 0.25) is 0 Å². The molecule has 2 rings (SSSR count). The maximum atomic E-state index is 9.20. The number of ether oxygens (including phenoxy) is 2. The van der Waals surface area contributed by atoms with Gasteiger partial charge in [0.1, 0.15) is 0 Å². The van der Waals surface area contributed by atoms with E-state index in [1.54, 1.807) is 0 Å². The van der Waals surface area contributed by atoms with Gasteiger partial charge in [-0.1, -0.05) is 0 Å². The van der Waals surface area contributed by atoms with Crippen molar-refractivity contribution in [2.75, 3.05) is 13.2 Å². The van der Waals surface area contributed by atoms with Gasteiger partial charge in [-0.2, -0.15) is 0 Å². The van der Waals surface area contributed by atoms with E-state index in [0.29, 0.717) is 0 Å². The molecule has 2 heterocycles. The first-order chi connectivity index (χ1) is 4.79. The molecule has 4 heteroatoms. The van der Waals surface area contributed by atoms with Crippen LogP contribution in [0.15, 0.2) is 0 Å². The molecule has 2 aliphatic rings. The van der Waals surface area contributed by atoms with Crippen LogP contribution in [0.1, 0.15) is 0 Å². The SMILES string of the molecule is O[C@H]1CO[C@H]2OC[C@H](O)[C@H]21. The molecule has 4 nitrogen and oxygen atoms in total. The molecule has 0 aromatic rings. The zero-order chi connectivity index (χ0) is 7.14. The zero-order valence-electron chi connectivity index (χ0n) is 5.43. The number of rotatable bonds is 0. The molecule has 2 fully saturated rings. The summed E-state index contributed by atoms with van der Waals surface area (Å²) < 4.78 is 10.1. The normalized spacial score (nSPS) is 53.4. The largest absolute Gasteiger partial charge is 0.390 e. The van der Waals surface area contributed by atoms with Crippen LogP contribution in [0.25, 0.3) is 0 Å². The number of fused-ring (bicyclic) bond motifs is 1. The molecule has 0 aromatic heterocycles. The molecule has 58 valence electrons. The van der Waals surface area contributed by atoms with Gasteiger partial charge < -0.3 is 19.7 Å². The van der Waals surface area contributed by atoms with Crippen LogP contribution < -0.4 is 0 Å². The maximum absolute atomic E-state index is 9.20. The topological polar surface area (TPSA) is 58.9 Å². The maximum Gasteiger partial charge on any atom is 0.165 e. The molecule has 2 aliphatic heterocycles. The number of aliphatic hydroxyl groups is 2. The van der Waals surface area contributed by atoms with Gasteiger partial charge >= 0.3 is 0 Å². The molecule has 0 unspecified atom stereocenters. The number of hydrogen-bond acceptors (Lipinski definition) is 4. The minimum Gasteiger partial charge on any atom is -0.390 e. The van der Waals surface area contributed by atoms with E-state index in [1.165, 1.54) is 0 Å². The van der Waals surface area contributed by atoms with Crippen molar-refractivity contribution in [2.45, 2.75) is 18.5 Å². The molecule has 0 aliphatic carbocycles. The highest BCUT2D eigenvalue weighted by atomic mass is 16.7. The van der Waals surface area contributed by atoms with Crippen molar-refractivity contribution in [3.05, 3.63) is 0 Å². The summed E-state index contributed by atoms with van der Waals surface area (Å²) in [5, 5.41) is 18.4. The van der Waals surface area contributed by atoms with Crippen LogP contribution in [0.5, 0.6) is 0 Å². The van der Waals surface area contributed by atoms with E-state index < -0.39 is 12.2 Å². The van der Waals surface area contributed by atoms with E-state index in [9.17, 15) is 10.2 Å². The molecular weight excluding hydrogens is 136 g/mol. The fourth-order valence-corrected chi connectivity index (χ4v) is 1.50. The van der Waals surface area contributed by atoms with Crippen molar-refractivity contribution in [3.8, 4) is 0 Å². The molecule has 0 saturated carbocycles. The Morgan fingerprint density at radius 2 is 1.50 bits per heavy atom. The minimum absolute atomic E-state index is 0.222. The molecule has 2 saturated heterocycles. The Labute approximate surface area is 58.4 Å². The van der Waals surface area contributed by atoms with Crippen LogP contribution in [0.3, 0.4) is 0 Å². The number of hydrogen-bond donors (Lipinski definition) is 2. The van der Waals surface area contributed by atoms with Gasteiger partial charge in [-0.25, -0.2) is 0 Å². The first-order valence-electron chi connectivity index (χ1n) is 3.38. The first kappa shape index (κ1) is 6.54. The summed E-state index contributed by atoms with van der Waals surface area (Å²) in [7, 11) is 0. The summed E-state index contributed by atoms with van der Waals surface area (Å²) in [6.07, 6.45) is -1.48. The molecule has 10 heavy (non-hydrogen) atoms. The molecule has 0 spiro atoms. The van der Waals surface area contributed by atoms with Gasteiger partial charge in [0.25, 0.3) is 0 Å². The second-order valence-corrected chi connectivity index (χ2v) is 2.75. The molecule has 0 aromatic carbocycles. The second kappa shape index (κ2) is 2.17. The Bertz CT molecular complexity index is 124. The third-order valence-corrected chi connectivity index (χ3v) is 2.07. The molecule has 0 amide bonds. The molecule has 0 bridgehead atoms. The van der Waals surface area contributed by atoms with Gasteiger partial charge in [0.15, 0.2) is 6.29 Å². The van der Waals surface area contributed by atoms with Crippen molar-refractivity contribution in [2.24, 2.45) is 5.92 Å². The van der Waals surface area contributed by atoms with Crippen molar-refractivity contribution in [3.63, 3.8) is 0 Å². The Kier molecular flexibility index (Phi) is 1.42. The van der Waals surface area contributed by atoms with E-state index in [2.05, 4.69) is 0 Å². The van der Waals surface area contributed by atoms with Gasteiger partial charge in [0, 0.05) is 0 Å². The van der Waals surface area contributed by atoms with Crippen molar-refractivity contribution in [1.82, 2.24) is 0 Å². The average molecular weight is 146 g/mol. The monoisotopic (exact) mass is 146 g/mol. The number of aliphatic hydroxyl groups excluding tert-OH is 2. The van der Waals surface area contributed by atoms with E-state index in [0.717, 1.165) is 0 Å². The zero-order valence-corrected chi connectivity index (χ0v) is 5.43. The predicted octanol–water partition coefficient (Wildman–Crippen LogP) is -1.29. The summed E-state index contributed by atoms with van der Waals surface area (Å²) in [5.74, 6) is -0.222. The lowest BCUT2D eigenvalue weighted by molar-refractivity contribution is -0.0911. The fraction of sp³-hybridized carbons (Fsp3) is 1.00. The third kappa shape index (κ3) is 0.769. The van der Waals surface area contributed by atoms with Crippen LogP contribution in [-0.2, 0) is 9.47 Å². The van der Waals surface area contributed by atoms with E-state index in [4.69, 9.17) is 9.47 Å². The molecule has 0 radical (unpaired) electrons. The van der Waals surface area contributed by atoms with Gasteiger partial charge in [-0.15, -0.1) is 0 Å². The highest BCUT2D eigenvalue weighted by molar-refractivity contribution is 4.88. The van der Waals surface area contributed by atoms with Gasteiger partial charge in [-0.3, -0.25) is 0 Å². The Hall–Kier alpha value is -0.160. The summed E-state index contributed by atoms with van der Waals surface area (Å²) in [6, 6.07) is 0. The van der Waals surface area contributed by atoms with Gasteiger partial charge in [-0.05, 0) is 0 Å². The summed E-state index contributed by atoms with van der Waals surface area (Å²) >= 11 is 0. The lowest BCUT2D eigenvalue weighted by atomic mass is 10.0. The van der Waals surface area contributed by atoms with Gasteiger partial charge in [0.2, 0.25) is 0 Å². The molecule has 2 atom stereocenters. The quantitative estimate of drug-likeness (QED) is 0.446. The Morgan fingerprint density at radius 3 is 1.90 bits per heavy atom. The van der Waals surface area contributed by atoms with E-state index in [1.807, 2.05) is 0 Å². The molecule has 2 N–H and O–H groups in total. The third-order valence-electron chi connectivity index (χ3n) is 2.07. The molecular formula is C6H10O4. The summed E-state index contributed by atoms with van der Waals surface area (Å²) in [4.78, 5) is 0. The minimum atomic E-state index is -0.553. The Morgan fingerprint density at radius 1 is 1.00 bits per heavy atom. The smallest absolute Gasteiger partial charge is 0.165 e. The van der Waals surface area contributed by atoms with E-state index >= 15 is 0 Å². The predicted molar refractivity (Wildman–Crippen MR) is 31.2 cm³/mol. The Balaban J connectivity index is 2.11. The fourth-order valence-electron chi connectivity index (χ4n) is 1.50. The van der Waals surface area contributed by atoms with Gasteiger partial charge in [0.05, 0.1) is 31.3 Å². The summed E-state index contributed by atoms with van der Waals surface area (Å²) in [6.45, 7) is 0.568. The van der Waals surface area contributed by atoms with Crippen molar-refractivity contribution < 1.29 is 19.7 Å². The first-order valence-corrected chi connectivity index (χ1v) is 3.38. The highest BCUT2D eigenvalue weighted by Crippen LogP contribution is 2.31. The van der Waals surface area contributed by atoms with Crippen molar-refractivity contribution >= 4 is 0 Å². The van der Waals surface area contributed by atoms with Crippen LogP contribution in [-0.4, -0.2) is 41.9 Å². The van der Waals surface area contributed by atoms with Crippen LogP contribution >= 0.6 is 0 Å². The van der Waals surface area contributed by atoms with E-state index in [-0.39, 0.29) is 25.4 Å².